The topological polar surface area (TPSA) is 99.7 Å². The smallest absolute Gasteiger partial charge is 0.253 e. The van der Waals surface area contributed by atoms with Gasteiger partial charge in [-0.25, -0.2) is 12.7 Å². The third kappa shape index (κ3) is 5.29. The summed E-state index contributed by atoms with van der Waals surface area (Å²) in [6, 6.07) is 3.45. The van der Waals surface area contributed by atoms with Crippen LogP contribution < -0.4 is 5.32 Å². The molecule has 2 fully saturated rings. The van der Waals surface area contributed by atoms with Crippen molar-refractivity contribution in [2.75, 3.05) is 39.0 Å². The van der Waals surface area contributed by atoms with E-state index >= 15 is 0 Å². The van der Waals surface area contributed by atoms with Crippen LogP contribution in [0.15, 0.2) is 24.5 Å². The lowest BCUT2D eigenvalue weighted by Gasteiger charge is -2.33. The Kier molecular flexibility index (Phi) is 6.66. The quantitative estimate of drug-likeness (QED) is 0.774. The Morgan fingerprint density at radius 1 is 1.07 bits per heavy atom. The molecule has 2 aliphatic rings. The van der Waals surface area contributed by atoms with E-state index in [4.69, 9.17) is 0 Å². The van der Waals surface area contributed by atoms with E-state index in [2.05, 4.69) is 10.3 Å². The molecule has 0 spiro atoms. The lowest BCUT2D eigenvalue weighted by Crippen LogP contribution is -2.45. The average Bonchev–Trinajstić information content (AvgIpc) is 2.72. The summed E-state index contributed by atoms with van der Waals surface area (Å²) in [5, 5.41) is 3.03. The summed E-state index contributed by atoms with van der Waals surface area (Å²) in [6.45, 7) is 2.81. The second-order valence-corrected chi connectivity index (χ2v) is 9.64. The van der Waals surface area contributed by atoms with Gasteiger partial charge in [-0.3, -0.25) is 14.6 Å². The molecule has 28 heavy (non-hydrogen) atoms. The van der Waals surface area contributed by atoms with Crippen LogP contribution in [0.25, 0.3) is 0 Å². The minimum atomic E-state index is -3.17. The van der Waals surface area contributed by atoms with Crippen LogP contribution >= 0.6 is 0 Å². The molecule has 9 heteroatoms. The fourth-order valence-electron chi connectivity index (χ4n) is 3.86. The normalized spacial score (nSPS) is 20.1. The van der Waals surface area contributed by atoms with E-state index in [0.717, 1.165) is 12.8 Å². The first-order valence-corrected chi connectivity index (χ1v) is 11.6. The molecule has 154 valence electrons. The number of aromatic nitrogens is 1. The summed E-state index contributed by atoms with van der Waals surface area (Å²) >= 11 is 0. The number of sulfonamides is 1. The summed E-state index contributed by atoms with van der Waals surface area (Å²) in [7, 11) is -3.17. The average molecular weight is 409 g/mol. The zero-order valence-electron chi connectivity index (χ0n) is 16.2. The highest BCUT2D eigenvalue weighted by molar-refractivity contribution is 7.88. The lowest BCUT2D eigenvalue weighted by atomic mass is 9.94. The number of carbonyl (C=O) groups excluding carboxylic acids is 2. The number of pyridine rings is 1. The van der Waals surface area contributed by atoms with Gasteiger partial charge in [0, 0.05) is 56.6 Å². The predicted octanol–water partition coefficient (Wildman–Crippen LogP) is 0.722. The molecule has 0 aliphatic carbocycles. The number of carbonyl (C=O) groups is 2. The Bertz CT molecular complexity index is 783. The van der Waals surface area contributed by atoms with Crippen molar-refractivity contribution in [1.29, 1.82) is 0 Å². The number of hydrogen-bond acceptors (Lipinski definition) is 5. The minimum absolute atomic E-state index is 0.0171. The van der Waals surface area contributed by atoms with Gasteiger partial charge < -0.3 is 10.2 Å². The third-order valence-corrected chi connectivity index (χ3v) is 6.99. The molecular weight excluding hydrogens is 380 g/mol. The summed E-state index contributed by atoms with van der Waals surface area (Å²) in [6.07, 6.45) is 7.31. The monoisotopic (exact) mass is 408 g/mol. The number of nitrogens with one attached hydrogen (secondary N) is 1. The van der Waals surface area contributed by atoms with E-state index in [-0.39, 0.29) is 17.7 Å². The Morgan fingerprint density at radius 3 is 2.25 bits per heavy atom. The molecule has 3 rings (SSSR count). The van der Waals surface area contributed by atoms with Crippen molar-refractivity contribution in [2.24, 2.45) is 11.8 Å². The summed E-state index contributed by atoms with van der Waals surface area (Å²) in [5.74, 6) is 0.291. The van der Waals surface area contributed by atoms with Gasteiger partial charge in [0.1, 0.15) is 0 Å². The molecule has 0 atom stereocenters. The number of rotatable bonds is 5. The molecule has 2 saturated heterocycles. The predicted molar refractivity (Wildman–Crippen MR) is 105 cm³/mol. The first-order chi connectivity index (χ1) is 13.3. The van der Waals surface area contributed by atoms with E-state index in [1.165, 1.54) is 10.6 Å². The van der Waals surface area contributed by atoms with Crippen LogP contribution in [0.5, 0.6) is 0 Å². The van der Waals surface area contributed by atoms with Crippen molar-refractivity contribution in [3.63, 3.8) is 0 Å². The fraction of sp³-hybridized carbons (Fsp3) is 0.632. The maximum Gasteiger partial charge on any atom is 0.253 e. The van der Waals surface area contributed by atoms with Crippen LogP contribution in [0.1, 0.15) is 36.0 Å². The standard InChI is InChI=1S/C19H28N4O4S/c1-28(26,27)23-12-6-16(7-13-23)18(24)21-14-15-4-10-22(11-5-15)19(25)17-2-8-20-9-3-17/h2-3,8-9,15-16H,4-7,10-14H2,1H3,(H,21,24). The van der Waals surface area contributed by atoms with Crippen LogP contribution in [-0.2, 0) is 14.8 Å². The van der Waals surface area contributed by atoms with Gasteiger partial charge in [0.15, 0.2) is 0 Å². The third-order valence-electron chi connectivity index (χ3n) is 5.69. The Hall–Kier alpha value is -2.00. The highest BCUT2D eigenvalue weighted by Gasteiger charge is 2.30. The van der Waals surface area contributed by atoms with Crippen molar-refractivity contribution in [1.82, 2.24) is 19.5 Å². The molecule has 1 aromatic heterocycles. The summed E-state index contributed by atoms with van der Waals surface area (Å²) in [4.78, 5) is 30.7. The van der Waals surface area contributed by atoms with Crippen LogP contribution in [0.2, 0.25) is 0 Å². The molecule has 0 aromatic carbocycles. The SMILES string of the molecule is CS(=O)(=O)N1CCC(C(=O)NCC2CCN(C(=O)c3ccncc3)CC2)CC1. The number of piperidine rings is 2. The highest BCUT2D eigenvalue weighted by atomic mass is 32.2. The molecule has 0 saturated carbocycles. The van der Waals surface area contributed by atoms with Gasteiger partial charge >= 0.3 is 0 Å². The van der Waals surface area contributed by atoms with Crippen molar-refractivity contribution < 1.29 is 18.0 Å². The Balaban J connectivity index is 1.39. The second-order valence-electron chi connectivity index (χ2n) is 7.65. The molecule has 0 bridgehead atoms. The first-order valence-electron chi connectivity index (χ1n) is 9.76. The van der Waals surface area contributed by atoms with Crippen LogP contribution in [0.3, 0.4) is 0 Å². The van der Waals surface area contributed by atoms with Gasteiger partial charge in [-0.2, -0.15) is 0 Å². The molecule has 0 unspecified atom stereocenters. The summed E-state index contributed by atoms with van der Waals surface area (Å²) < 4.78 is 24.5. The van der Waals surface area contributed by atoms with E-state index in [1.54, 1.807) is 24.5 Å². The molecular formula is C19H28N4O4S. The lowest BCUT2D eigenvalue weighted by molar-refractivity contribution is -0.126. The first kappa shape index (κ1) is 20.7. The van der Waals surface area contributed by atoms with Crippen molar-refractivity contribution in [2.45, 2.75) is 25.7 Å². The van der Waals surface area contributed by atoms with Crippen molar-refractivity contribution in [3.05, 3.63) is 30.1 Å². The van der Waals surface area contributed by atoms with Gasteiger partial charge in [0.05, 0.1) is 6.26 Å². The van der Waals surface area contributed by atoms with E-state index in [1.807, 2.05) is 4.90 Å². The van der Waals surface area contributed by atoms with Gasteiger partial charge in [-0.1, -0.05) is 0 Å². The van der Waals surface area contributed by atoms with Gasteiger partial charge in [0.25, 0.3) is 5.91 Å². The minimum Gasteiger partial charge on any atom is -0.356 e. The molecule has 2 amide bonds. The number of likely N-dealkylation sites (tertiary alicyclic amines) is 1. The van der Waals surface area contributed by atoms with Crippen molar-refractivity contribution in [3.8, 4) is 0 Å². The fourth-order valence-corrected chi connectivity index (χ4v) is 4.73. The van der Waals surface area contributed by atoms with Gasteiger partial charge in [-0.05, 0) is 43.7 Å². The Labute approximate surface area is 166 Å². The van der Waals surface area contributed by atoms with E-state index in [0.29, 0.717) is 57.0 Å². The number of amides is 2. The van der Waals surface area contributed by atoms with E-state index in [9.17, 15) is 18.0 Å². The molecule has 1 N–H and O–H groups in total. The van der Waals surface area contributed by atoms with Gasteiger partial charge in [-0.15, -0.1) is 0 Å². The molecule has 2 aliphatic heterocycles. The van der Waals surface area contributed by atoms with E-state index < -0.39 is 10.0 Å². The largest absolute Gasteiger partial charge is 0.356 e. The summed E-state index contributed by atoms with van der Waals surface area (Å²) in [5.41, 5.74) is 0.655. The Morgan fingerprint density at radius 2 is 1.68 bits per heavy atom. The van der Waals surface area contributed by atoms with Gasteiger partial charge in [0.2, 0.25) is 15.9 Å². The highest BCUT2D eigenvalue weighted by Crippen LogP contribution is 2.21. The van der Waals surface area contributed by atoms with Crippen LogP contribution in [0.4, 0.5) is 0 Å². The number of nitrogens with zero attached hydrogens (tertiary/aromatic N) is 3. The zero-order chi connectivity index (χ0) is 20.1. The molecule has 8 nitrogen and oxygen atoms in total. The second kappa shape index (κ2) is 9.00. The maximum absolute atomic E-state index is 12.5. The molecule has 1 aromatic rings. The maximum atomic E-state index is 12.5. The molecule has 3 heterocycles. The zero-order valence-corrected chi connectivity index (χ0v) is 17.0. The van der Waals surface area contributed by atoms with Crippen LogP contribution in [0, 0.1) is 11.8 Å². The molecule has 0 radical (unpaired) electrons. The van der Waals surface area contributed by atoms with Crippen molar-refractivity contribution >= 4 is 21.8 Å². The van der Waals surface area contributed by atoms with Crippen LogP contribution in [-0.4, -0.2) is 73.4 Å². The number of hydrogen-bond donors (Lipinski definition) is 1.